The van der Waals surface area contributed by atoms with Gasteiger partial charge in [0.2, 0.25) is 0 Å². The first-order chi connectivity index (χ1) is 7.70. The molecule has 0 unspecified atom stereocenters. The molecule has 0 fully saturated rings. The van der Waals surface area contributed by atoms with Gasteiger partial charge < -0.3 is 17.3 Å². The van der Waals surface area contributed by atoms with E-state index >= 15 is 0 Å². The van der Waals surface area contributed by atoms with E-state index in [0.29, 0.717) is 0 Å². The Morgan fingerprint density at radius 3 is 2.18 bits per heavy atom. The van der Waals surface area contributed by atoms with Crippen molar-refractivity contribution in [3.63, 3.8) is 0 Å². The van der Waals surface area contributed by atoms with Crippen LogP contribution in [0, 0.1) is 5.92 Å². The average Bonchev–Trinajstić information content (AvgIpc) is 2.48. The lowest BCUT2D eigenvalue weighted by atomic mass is 10.1. The second-order valence-corrected chi connectivity index (χ2v) is 4.30. The van der Waals surface area contributed by atoms with Crippen LogP contribution in [0.25, 0.3) is 0 Å². The van der Waals surface area contributed by atoms with Crippen molar-refractivity contribution >= 4 is 7.25 Å². The number of imidazole rings is 1. The number of hydrogen-bond donors (Lipinski definition) is 1. The second kappa shape index (κ2) is 7.35. The van der Waals surface area contributed by atoms with Gasteiger partial charge in [-0.15, -0.1) is 0 Å². The molecule has 1 aromatic rings. The van der Waals surface area contributed by atoms with Crippen LogP contribution in [0.15, 0.2) is 12.4 Å². The Balaban J connectivity index is 0.000000437. The van der Waals surface area contributed by atoms with E-state index < -0.39 is 7.25 Å². The highest BCUT2D eigenvalue weighted by Crippen LogP contribution is 2.06. The summed E-state index contributed by atoms with van der Waals surface area (Å²) in [6.07, 6.45) is 7.82. The van der Waals surface area contributed by atoms with Crippen LogP contribution < -0.4 is 4.57 Å². The third-order valence-corrected chi connectivity index (χ3v) is 2.17. The third kappa shape index (κ3) is 11.3. The highest BCUT2D eigenvalue weighted by molar-refractivity contribution is 6.50. The normalized spacial score (nSPS) is 11.3. The van der Waals surface area contributed by atoms with Gasteiger partial charge in [0.05, 0.1) is 7.05 Å². The van der Waals surface area contributed by atoms with Crippen molar-refractivity contribution < 1.29 is 21.8 Å². The molecule has 0 saturated heterocycles. The van der Waals surface area contributed by atoms with Gasteiger partial charge in [-0.2, -0.15) is 0 Å². The molecule has 100 valence electrons. The molecule has 7 heteroatoms. The summed E-state index contributed by atoms with van der Waals surface area (Å²) in [5, 5.41) is 0. The van der Waals surface area contributed by atoms with Crippen molar-refractivity contribution in [3.05, 3.63) is 18.2 Å². The van der Waals surface area contributed by atoms with E-state index in [-0.39, 0.29) is 0 Å². The first-order valence-electron chi connectivity index (χ1n) is 5.59. The van der Waals surface area contributed by atoms with Gasteiger partial charge in [-0.05, 0) is 12.3 Å². The Morgan fingerprint density at radius 2 is 1.82 bits per heavy atom. The van der Waals surface area contributed by atoms with Gasteiger partial charge in [0.1, 0.15) is 12.4 Å². The van der Waals surface area contributed by atoms with Crippen LogP contribution in [0.4, 0.5) is 17.3 Å². The van der Waals surface area contributed by atoms with Gasteiger partial charge in [-0.25, -0.2) is 9.55 Å². The Labute approximate surface area is 99.1 Å². The number of hydrogen-bond acceptors (Lipinski definition) is 0. The topological polar surface area (TPSA) is 19.7 Å². The predicted molar refractivity (Wildman–Crippen MR) is 59.9 cm³/mol. The van der Waals surface area contributed by atoms with E-state index in [4.69, 9.17) is 0 Å². The fraction of sp³-hybridized carbons (Fsp3) is 0.700. The molecule has 1 heterocycles. The minimum atomic E-state index is -6.00. The maximum absolute atomic E-state index is 9.75. The molecule has 2 nitrogen and oxygen atoms in total. The maximum Gasteiger partial charge on any atom is 0.673 e. The lowest BCUT2D eigenvalue weighted by molar-refractivity contribution is -0.677. The number of rotatable bonds is 4. The van der Waals surface area contributed by atoms with Crippen molar-refractivity contribution in [1.82, 2.24) is 4.98 Å². The van der Waals surface area contributed by atoms with Crippen molar-refractivity contribution in [1.29, 1.82) is 0 Å². The quantitative estimate of drug-likeness (QED) is 0.484. The van der Waals surface area contributed by atoms with Gasteiger partial charge in [-0.1, -0.05) is 20.3 Å². The molecule has 0 aliphatic rings. The lowest BCUT2D eigenvalue weighted by Gasteiger charge is -2.00. The van der Waals surface area contributed by atoms with Gasteiger partial charge >= 0.3 is 7.25 Å². The number of aromatic amines is 1. The zero-order valence-corrected chi connectivity index (χ0v) is 10.4. The smallest absolute Gasteiger partial charge is 0.418 e. The van der Waals surface area contributed by atoms with E-state index in [1.807, 2.05) is 6.20 Å². The molecular formula is C10H19BF4N2. The number of H-pyrrole nitrogens is 1. The Bertz CT molecular complexity index is 303. The number of nitrogens with one attached hydrogen (secondary N) is 1. The highest BCUT2D eigenvalue weighted by atomic mass is 19.5. The van der Waals surface area contributed by atoms with Crippen molar-refractivity contribution in [2.45, 2.75) is 33.1 Å². The van der Waals surface area contributed by atoms with E-state index in [0.717, 1.165) is 5.92 Å². The van der Waals surface area contributed by atoms with Crippen LogP contribution in [0.1, 0.15) is 32.5 Å². The minimum absolute atomic E-state index is 0.824. The van der Waals surface area contributed by atoms with Crippen molar-refractivity contribution in [2.75, 3.05) is 0 Å². The van der Waals surface area contributed by atoms with Crippen LogP contribution >= 0.6 is 0 Å². The van der Waals surface area contributed by atoms with Gasteiger partial charge in [0, 0.05) is 6.42 Å². The molecule has 17 heavy (non-hydrogen) atoms. The maximum atomic E-state index is 9.75. The number of nitrogens with zero attached hydrogens (tertiary/aromatic N) is 1. The summed E-state index contributed by atoms with van der Waals surface area (Å²) in [5.74, 6) is 2.15. The first-order valence-corrected chi connectivity index (χ1v) is 5.59. The van der Waals surface area contributed by atoms with E-state index in [1.54, 1.807) is 0 Å². The summed E-state index contributed by atoms with van der Waals surface area (Å²) in [5.41, 5.74) is 0. The van der Waals surface area contributed by atoms with Gasteiger partial charge in [-0.3, -0.25) is 0 Å². The van der Waals surface area contributed by atoms with Crippen LogP contribution in [-0.4, -0.2) is 12.2 Å². The van der Waals surface area contributed by atoms with E-state index in [9.17, 15) is 17.3 Å². The molecule has 1 aromatic heterocycles. The fourth-order valence-corrected chi connectivity index (χ4v) is 1.36. The van der Waals surface area contributed by atoms with Crippen molar-refractivity contribution in [3.8, 4) is 0 Å². The predicted octanol–water partition coefficient (Wildman–Crippen LogP) is 3.12. The van der Waals surface area contributed by atoms with E-state index in [2.05, 4.69) is 36.6 Å². The molecule has 0 aliphatic heterocycles. The largest absolute Gasteiger partial charge is 0.673 e. The molecule has 0 spiro atoms. The summed E-state index contributed by atoms with van der Waals surface area (Å²) in [7, 11) is -3.92. The molecule has 0 radical (unpaired) electrons. The van der Waals surface area contributed by atoms with Crippen LogP contribution in [0.5, 0.6) is 0 Å². The zero-order valence-electron chi connectivity index (χ0n) is 10.4. The van der Waals surface area contributed by atoms with Crippen molar-refractivity contribution in [2.24, 2.45) is 13.0 Å². The van der Waals surface area contributed by atoms with Crippen LogP contribution in [0.3, 0.4) is 0 Å². The van der Waals surface area contributed by atoms with Crippen LogP contribution in [-0.2, 0) is 13.5 Å². The molecule has 0 aromatic carbocycles. The van der Waals surface area contributed by atoms with Gasteiger partial charge in [0.25, 0.3) is 5.82 Å². The van der Waals surface area contributed by atoms with Crippen LogP contribution in [0.2, 0.25) is 0 Å². The molecule has 0 aliphatic carbocycles. The summed E-state index contributed by atoms with van der Waals surface area (Å²) in [6, 6.07) is 0. The Kier molecular flexibility index (Phi) is 6.91. The van der Waals surface area contributed by atoms with Gasteiger partial charge in [0.15, 0.2) is 0 Å². The highest BCUT2D eigenvalue weighted by Gasteiger charge is 2.20. The summed E-state index contributed by atoms with van der Waals surface area (Å²) in [6.45, 7) is 4.55. The lowest BCUT2D eigenvalue weighted by Crippen LogP contribution is -2.30. The number of aromatic nitrogens is 2. The number of halogens is 4. The molecular weight excluding hydrogens is 235 g/mol. The molecule has 1 N–H and O–H groups in total. The molecule has 0 saturated carbocycles. The average molecular weight is 254 g/mol. The first kappa shape index (κ1) is 16.0. The molecule has 0 bridgehead atoms. The third-order valence-electron chi connectivity index (χ3n) is 2.17. The monoisotopic (exact) mass is 254 g/mol. The number of aryl methyl sites for hydroxylation is 2. The standard InChI is InChI=1S/C10H18N2.BF4/c1-9(2)5-4-6-10-11-7-8-12(10)3;2-1(3,4)5/h7-9H,4-6H2,1-3H3;/q;-1/p+1. The molecule has 0 atom stereocenters. The van der Waals surface area contributed by atoms with E-state index in [1.165, 1.54) is 25.1 Å². The second-order valence-electron chi connectivity index (χ2n) is 4.30. The summed E-state index contributed by atoms with van der Waals surface area (Å²) in [4.78, 5) is 3.24. The molecule has 0 amide bonds. The minimum Gasteiger partial charge on any atom is -0.418 e. The Morgan fingerprint density at radius 1 is 1.29 bits per heavy atom. The fourth-order valence-electron chi connectivity index (χ4n) is 1.36. The summed E-state index contributed by atoms with van der Waals surface area (Å²) >= 11 is 0. The SMILES string of the molecule is CC(C)CCCc1[nH]cc[n+]1C.F[B-](F)(F)F. The summed E-state index contributed by atoms with van der Waals surface area (Å²) < 4.78 is 41.2. The molecule has 1 rings (SSSR count). The Hall–Kier alpha value is -1.01. The zero-order chi connectivity index (χ0) is 13.5.